The Morgan fingerprint density at radius 2 is 1.96 bits per heavy atom. The molecule has 0 aliphatic carbocycles. The van der Waals surface area contributed by atoms with E-state index in [1.54, 1.807) is 0 Å². The first-order chi connectivity index (χ1) is 12.1. The smallest absolute Gasteiger partial charge is 0.410 e. The number of para-hydroxylation sites is 1. The van der Waals surface area contributed by atoms with E-state index in [9.17, 15) is 4.79 Å². The summed E-state index contributed by atoms with van der Waals surface area (Å²) in [5.41, 5.74) is 3.87. The van der Waals surface area contributed by atoms with Crippen molar-refractivity contribution in [2.45, 2.75) is 38.8 Å². The van der Waals surface area contributed by atoms with Crippen LogP contribution < -0.4 is 5.32 Å². The Kier molecular flexibility index (Phi) is 5.25. The van der Waals surface area contributed by atoms with Crippen LogP contribution in [-0.2, 0) is 11.3 Å². The van der Waals surface area contributed by atoms with Crippen LogP contribution in [0, 0.1) is 13.8 Å². The zero-order valence-electron chi connectivity index (χ0n) is 15.2. The van der Waals surface area contributed by atoms with Crippen LogP contribution >= 0.6 is 12.4 Å². The average Bonchev–Trinajstić information content (AvgIpc) is 3.08. The Morgan fingerprint density at radius 3 is 2.65 bits per heavy atom. The van der Waals surface area contributed by atoms with E-state index in [2.05, 4.69) is 28.6 Å². The van der Waals surface area contributed by atoms with E-state index in [4.69, 9.17) is 4.74 Å². The molecule has 1 spiro atoms. The quantitative estimate of drug-likeness (QED) is 0.894. The summed E-state index contributed by atoms with van der Waals surface area (Å²) < 4.78 is 7.72. The zero-order chi connectivity index (χ0) is 17.4. The van der Waals surface area contributed by atoms with Gasteiger partial charge in [-0.05, 0) is 44.6 Å². The van der Waals surface area contributed by atoms with Gasteiger partial charge in [-0.2, -0.15) is 5.10 Å². The summed E-state index contributed by atoms with van der Waals surface area (Å²) in [6.07, 6.45) is 1.56. The van der Waals surface area contributed by atoms with Crippen molar-refractivity contribution in [1.82, 2.24) is 20.0 Å². The van der Waals surface area contributed by atoms with E-state index in [0.29, 0.717) is 13.1 Å². The lowest BCUT2D eigenvalue weighted by Crippen LogP contribution is -2.44. The van der Waals surface area contributed by atoms with Crippen molar-refractivity contribution in [1.29, 1.82) is 0 Å². The van der Waals surface area contributed by atoms with Gasteiger partial charge in [0.2, 0.25) is 0 Å². The first-order valence-corrected chi connectivity index (χ1v) is 8.87. The number of benzene rings is 1. The second-order valence-electron chi connectivity index (χ2n) is 7.12. The molecule has 140 valence electrons. The number of carbonyl (C=O) groups is 1. The van der Waals surface area contributed by atoms with E-state index >= 15 is 0 Å². The zero-order valence-corrected chi connectivity index (χ0v) is 16.0. The summed E-state index contributed by atoms with van der Waals surface area (Å²) in [6, 6.07) is 10.2. The molecule has 1 amide bonds. The van der Waals surface area contributed by atoms with Crippen molar-refractivity contribution < 1.29 is 9.53 Å². The fourth-order valence-corrected chi connectivity index (χ4v) is 3.89. The van der Waals surface area contributed by atoms with E-state index < -0.39 is 0 Å². The topological polar surface area (TPSA) is 59.4 Å². The number of nitrogens with zero attached hydrogens (tertiary/aromatic N) is 3. The average molecular weight is 377 g/mol. The van der Waals surface area contributed by atoms with Crippen molar-refractivity contribution in [2.75, 3.05) is 19.6 Å². The van der Waals surface area contributed by atoms with Gasteiger partial charge in [0.15, 0.2) is 0 Å². The number of hydrogen-bond acceptors (Lipinski definition) is 4. The Hall–Kier alpha value is -2.05. The molecule has 6 nitrogen and oxygen atoms in total. The highest BCUT2D eigenvalue weighted by atomic mass is 35.5. The molecule has 4 rings (SSSR count). The van der Waals surface area contributed by atoms with Crippen molar-refractivity contribution >= 4 is 18.5 Å². The SMILES string of the molecule is Cc1cc(C)n(-c2ccccc2CN2CC3(CCNCC3)OC2=O)n1.Cl. The van der Waals surface area contributed by atoms with Crippen molar-refractivity contribution in [3.63, 3.8) is 0 Å². The van der Waals surface area contributed by atoms with E-state index in [0.717, 1.165) is 48.6 Å². The second-order valence-corrected chi connectivity index (χ2v) is 7.12. The number of aromatic nitrogens is 2. The lowest BCUT2D eigenvalue weighted by Gasteiger charge is -2.31. The molecule has 0 saturated carbocycles. The molecule has 1 aromatic heterocycles. The van der Waals surface area contributed by atoms with Crippen LogP contribution in [0.3, 0.4) is 0 Å². The minimum atomic E-state index is -0.310. The molecule has 26 heavy (non-hydrogen) atoms. The summed E-state index contributed by atoms with van der Waals surface area (Å²) in [7, 11) is 0. The standard InChI is InChI=1S/C19H24N4O2.ClH/c1-14-11-15(2)23(21-14)17-6-4-3-5-16(17)12-22-13-19(25-18(22)24)7-9-20-10-8-19;/h3-6,11,20H,7-10,12-13H2,1-2H3;1H. The summed E-state index contributed by atoms with van der Waals surface area (Å²) >= 11 is 0. The molecule has 2 fully saturated rings. The first kappa shape index (κ1) is 18.7. The predicted octanol–water partition coefficient (Wildman–Crippen LogP) is 2.99. The van der Waals surface area contributed by atoms with Crippen LogP contribution in [0.1, 0.15) is 29.8 Å². The second kappa shape index (κ2) is 7.29. The van der Waals surface area contributed by atoms with Crippen LogP contribution in [0.2, 0.25) is 0 Å². The van der Waals surface area contributed by atoms with Gasteiger partial charge in [-0.1, -0.05) is 18.2 Å². The Morgan fingerprint density at radius 1 is 1.23 bits per heavy atom. The maximum absolute atomic E-state index is 12.4. The predicted molar refractivity (Wildman–Crippen MR) is 102 cm³/mol. The number of piperidine rings is 1. The van der Waals surface area contributed by atoms with Crippen LogP contribution in [0.4, 0.5) is 4.79 Å². The highest BCUT2D eigenvalue weighted by Gasteiger charge is 2.45. The highest BCUT2D eigenvalue weighted by Crippen LogP contribution is 2.32. The highest BCUT2D eigenvalue weighted by molar-refractivity contribution is 5.85. The molecule has 0 radical (unpaired) electrons. The fourth-order valence-electron chi connectivity index (χ4n) is 3.89. The minimum absolute atomic E-state index is 0. The number of rotatable bonds is 3. The Bertz CT molecular complexity index is 799. The summed E-state index contributed by atoms with van der Waals surface area (Å²) in [6.45, 7) is 7.06. The Balaban J connectivity index is 0.00000196. The molecule has 7 heteroatoms. The first-order valence-electron chi connectivity index (χ1n) is 8.87. The molecule has 2 aromatic rings. The summed E-state index contributed by atoms with van der Waals surface area (Å²) in [5.74, 6) is 0. The molecule has 0 unspecified atom stereocenters. The van der Waals surface area contributed by atoms with Gasteiger partial charge in [-0.15, -0.1) is 12.4 Å². The molecule has 0 bridgehead atoms. The lowest BCUT2D eigenvalue weighted by molar-refractivity contribution is 0.0316. The molecule has 2 aliphatic rings. The number of carbonyl (C=O) groups excluding carboxylic acids is 1. The third kappa shape index (κ3) is 3.44. The largest absolute Gasteiger partial charge is 0.441 e. The number of aryl methyl sites for hydroxylation is 2. The van der Waals surface area contributed by atoms with Crippen LogP contribution in [0.25, 0.3) is 5.69 Å². The van der Waals surface area contributed by atoms with E-state index in [-0.39, 0.29) is 24.1 Å². The summed E-state index contributed by atoms with van der Waals surface area (Å²) in [5, 5.41) is 7.92. The van der Waals surface area contributed by atoms with Gasteiger partial charge >= 0.3 is 6.09 Å². The molecule has 0 atom stereocenters. The monoisotopic (exact) mass is 376 g/mol. The van der Waals surface area contributed by atoms with Gasteiger partial charge in [0.25, 0.3) is 0 Å². The van der Waals surface area contributed by atoms with Crippen molar-refractivity contribution in [3.8, 4) is 5.69 Å². The lowest BCUT2D eigenvalue weighted by atomic mass is 9.92. The molecule has 2 aliphatic heterocycles. The van der Waals surface area contributed by atoms with E-state index in [1.807, 2.05) is 35.6 Å². The number of hydrogen-bond donors (Lipinski definition) is 1. The van der Waals surface area contributed by atoms with Crippen LogP contribution in [0.5, 0.6) is 0 Å². The molecular weight excluding hydrogens is 352 g/mol. The summed E-state index contributed by atoms with van der Waals surface area (Å²) in [4.78, 5) is 14.3. The maximum atomic E-state index is 12.4. The maximum Gasteiger partial charge on any atom is 0.410 e. The van der Waals surface area contributed by atoms with Gasteiger partial charge < -0.3 is 10.1 Å². The molecule has 3 heterocycles. The fraction of sp³-hybridized carbons (Fsp3) is 0.474. The molecule has 1 N–H and O–H groups in total. The van der Waals surface area contributed by atoms with Crippen molar-refractivity contribution in [3.05, 3.63) is 47.3 Å². The van der Waals surface area contributed by atoms with Gasteiger partial charge in [-0.3, -0.25) is 4.90 Å². The van der Waals surface area contributed by atoms with Gasteiger partial charge in [0.1, 0.15) is 5.60 Å². The molecular formula is C19H25ClN4O2. The number of ether oxygens (including phenoxy) is 1. The third-order valence-corrected chi connectivity index (χ3v) is 5.15. The molecule has 2 saturated heterocycles. The molecule has 1 aromatic carbocycles. The van der Waals surface area contributed by atoms with Gasteiger partial charge in [0, 0.05) is 18.5 Å². The third-order valence-electron chi connectivity index (χ3n) is 5.15. The minimum Gasteiger partial charge on any atom is -0.441 e. The van der Waals surface area contributed by atoms with E-state index in [1.165, 1.54) is 0 Å². The number of halogens is 1. The number of amides is 1. The van der Waals surface area contributed by atoms with Crippen LogP contribution in [0.15, 0.2) is 30.3 Å². The van der Waals surface area contributed by atoms with Gasteiger partial charge in [0.05, 0.1) is 24.5 Å². The normalized spacial score (nSPS) is 18.7. The van der Waals surface area contributed by atoms with Crippen LogP contribution in [-0.4, -0.2) is 46.0 Å². The number of nitrogens with one attached hydrogen (secondary N) is 1. The van der Waals surface area contributed by atoms with Crippen molar-refractivity contribution in [2.24, 2.45) is 0 Å². The Labute approximate surface area is 159 Å². The van der Waals surface area contributed by atoms with Gasteiger partial charge in [-0.25, -0.2) is 9.48 Å².